The van der Waals surface area contributed by atoms with Crippen LogP contribution in [0.4, 0.5) is 0 Å². The molecule has 41 heavy (non-hydrogen) atoms. The lowest BCUT2D eigenvalue weighted by Gasteiger charge is -2.40. The fourth-order valence-electron chi connectivity index (χ4n) is 5.97. The second-order valence-corrected chi connectivity index (χ2v) is 11.7. The maximum absolute atomic E-state index is 13.7. The van der Waals surface area contributed by atoms with Crippen molar-refractivity contribution in [1.82, 2.24) is 15.5 Å². The summed E-state index contributed by atoms with van der Waals surface area (Å²) in [6.45, 7) is 2.03. The Morgan fingerprint density at radius 2 is 1.78 bits per heavy atom. The Kier molecular flexibility index (Phi) is 9.62. The van der Waals surface area contributed by atoms with Crippen LogP contribution >= 0.6 is 11.6 Å². The fraction of sp³-hybridized carbons (Fsp3) is 0.469. The molecule has 3 heterocycles. The van der Waals surface area contributed by atoms with Gasteiger partial charge in [0, 0.05) is 49.7 Å². The summed E-state index contributed by atoms with van der Waals surface area (Å²) >= 11 is 5.94. The molecule has 2 saturated heterocycles. The maximum Gasteiger partial charge on any atom is 0.260 e. The molecule has 5 rings (SSSR count). The number of benzene rings is 2. The molecule has 218 valence electrons. The monoisotopic (exact) mass is 579 g/mol. The first-order valence-electron chi connectivity index (χ1n) is 14.5. The third-order valence-corrected chi connectivity index (χ3v) is 8.79. The van der Waals surface area contributed by atoms with Gasteiger partial charge in [0.1, 0.15) is 11.8 Å². The van der Waals surface area contributed by atoms with Gasteiger partial charge in [0.25, 0.3) is 5.91 Å². The Bertz CT molecular complexity index is 1230. The Labute approximate surface area is 246 Å². The number of nitrogens with zero attached hydrogens (tertiary/aromatic N) is 1. The summed E-state index contributed by atoms with van der Waals surface area (Å²) in [5.41, 5.74) is 0.384. The molecule has 0 bridgehead atoms. The molecule has 0 radical (unpaired) electrons. The van der Waals surface area contributed by atoms with Gasteiger partial charge in [-0.2, -0.15) is 0 Å². The SMILES string of the molecule is O=C1N[C@H]2CCN(C(=O)COc3ccc(Cl)cc3)C[C@H]2C/C=C/CC2(CCOCC2)C(=O)N[C@@H]1Cc1ccccc1. The van der Waals surface area contributed by atoms with Crippen LogP contribution in [0.2, 0.25) is 5.02 Å². The number of halogens is 1. The molecule has 3 aliphatic heterocycles. The second kappa shape index (κ2) is 13.5. The maximum atomic E-state index is 13.7. The number of hydrogen-bond acceptors (Lipinski definition) is 5. The van der Waals surface area contributed by atoms with Crippen LogP contribution in [0, 0.1) is 11.3 Å². The smallest absolute Gasteiger partial charge is 0.260 e. The van der Waals surface area contributed by atoms with E-state index in [4.69, 9.17) is 21.1 Å². The van der Waals surface area contributed by atoms with E-state index >= 15 is 0 Å². The highest BCUT2D eigenvalue weighted by Gasteiger charge is 2.41. The topological polar surface area (TPSA) is 97.0 Å². The number of fused-ring (bicyclic) bond motifs is 1. The van der Waals surface area contributed by atoms with E-state index in [1.807, 2.05) is 35.2 Å². The first-order valence-corrected chi connectivity index (χ1v) is 14.8. The minimum atomic E-state index is -0.693. The van der Waals surface area contributed by atoms with Crippen molar-refractivity contribution in [3.8, 4) is 5.75 Å². The summed E-state index contributed by atoms with van der Waals surface area (Å²) in [5, 5.41) is 6.98. The van der Waals surface area contributed by atoms with Crippen LogP contribution in [-0.4, -0.2) is 67.6 Å². The van der Waals surface area contributed by atoms with Gasteiger partial charge in [-0.15, -0.1) is 0 Å². The summed E-state index contributed by atoms with van der Waals surface area (Å²) in [4.78, 5) is 42.3. The number of ether oxygens (including phenoxy) is 2. The molecule has 3 amide bonds. The predicted octanol–water partition coefficient (Wildman–Crippen LogP) is 3.93. The highest BCUT2D eigenvalue weighted by molar-refractivity contribution is 6.30. The molecule has 3 aliphatic rings. The molecule has 2 aromatic carbocycles. The first kappa shape index (κ1) is 29.1. The molecule has 0 saturated carbocycles. The Morgan fingerprint density at radius 1 is 1.02 bits per heavy atom. The van der Waals surface area contributed by atoms with Crippen molar-refractivity contribution in [2.75, 3.05) is 32.9 Å². The van der Waals surface area contributed by atoms with E-state index in [2.05, 4.69) is 22.8 Å². The minimum Gasteiger partial charge on any atom is -0.484 e. The van der Waals surface area contributed by atoms with Crippen LogP contribution in [0.5, 0.6) is 5.75 Å². The first-order chi connectivity index (χ1) is 19.9. The van der Waals surface area contributed by atoms with Crippen molar-refractivity contribution in [1.29, 1.82) is 0 Å². The van der Waals surface area contributed by atoms with Crippen LogP contribution in [-0.2, 0) is 25.5 Å². The zero-order valence-electron chi connectivity index (χ0n) is 23.2. The van der Waals surface area contributed by atoms with Gasteiger partial charge in [0.05, 0.1) is 5.41 Å². The highest BCUT2D eigenvalue weighted by Crippen LogP contribution is 2.36. The molecule has 0 unspecified atom stereocenters. The van der Waals surface area contributed by atoms with Gasteiger partial charge in [-0.1, -0.05) is 54.1 Å². The van der Waals surface area contributed by atoms with E-state index in [1.165, 1.54) is 0 Å². The van der Waals surface area contributed by atoms with E-state index in [9.17, 15) is 14.4 Å². The predicted molar refractivity (Wildman–Crippen MR) is 157 cm³/mol. The van der Waals surface area contributed by atoms with E-state index in [1.54, 1.807) is 24.3 Å². The number of likely N-dealkylation sites (tertiary alicyclic amines) is 1. The minimum absolute atomic E-state index is 0.0431. The highest BCUT2D eigenvalue weighted by atomic mass is 35.5. The van der Waals surface area contributed by atoms with Gasteiger partial charge in [-0.25, -0.2) is 0 Å². The molecular weight excluding hydrogens is 542 g/mol. The van der Waals surface area contributed by atoms with Crippen LogP contribution in [0.15, 0.2) is 66.7 Å². The largest absolute Gasteiger partial charge is 0.484 e. The molecule has 8 nitrogen and oxygen atoms in total. The zero-order chi connectivity index (χ0) is 28.7. The molecule has 2 fully saturated rings. The molecular formula is C32H38ClN3O5. The third kappa shape index (κ3) is 7.49. The number of carbonyl (C=O) groups is 3. The van der Waals surface area contributed by atoms with Gasteiger partial charge < -0.3 is 25.0 Å². The number of allylic oxidation sites excluding steroid dienone is 2. The van der Waals surface area contributed by atoms with E-state index in [0.717, 1.165) is 5.56 Å². The van der Waals surface area contributed by atoms with E-state index in [-0.39, 0.29) is 36.3 Å². The fourth-order valence-corrected chi connectivity index (χ4v) is 6.10. The molecule has 3 atom stereocenters. The van der Waals surface area contributed by atoms with Crippen molar-refractivity contribution in [3.63, 3.8) is 0 Å². The molecule has 0 aliphatic carbocycles. The number of carbonyl (C=O) groups excluding carboxylic acids is 3. The average Bonchev–Trinajstić information content (AvgIpc) is 2.99. The van der Waals surface area contributed by atoms with Crippen LogP contribution in [0.1, 0.15) is 37.7 Å². The lowest BCUT2D eigenvalue weighted by atomic mass is 9.75. The number of hydrogen-bond donors (Lipinski definition) is 2. The summed E-state index contributed by atoms with van der Waals surface area (Å²) in [6, 6.07) is 15.9. The summed E-state index contributed by atoms with van der Waals surface area (Å²) in [5.74, 6) is 0.277. The third-order valence-electron chi connectivity index (χ3n) is 8.54. The molecule has 9 heteroatoms. The van der Waals surface area contributed by atoms with Gasteiger partial charge in [-0.05, 0) is 61.9 Å². The van der Waals surface area contributed by atoms with Gasteiger partial charge in [0.2, 0.25) is 11.8 Å². The number of rotatable bonds is 5. The second-order valence-electron chi connectivity index (χ2n) is 11.3. The lowest BCUT2D eigenvalue weighted by Crippen LogP contribution is -2.58. The Morgan fingerprint density at radius 3 is 2.54 bits per heavy atom. The summed E-state index contributed by atoms with van der Waals surface area (Å²) < 4.78 is 11.3. The summed E-state index contributed by atoms with van der Waals surface area (Å²) in [7, 11) is 0. The Hall–Kier alpha value is -3.36. The van der Waals surface area contributed by atoms with E-state index < -0.39 is 11.5 Å². The number of amides is 3. The Balaban J connectivity index is 1.31. The van der Waals surface area contributed by atoms with Crippen LogP contribution < -0.4 is 15.4 Å². The van der Waals surface area contributed by atoms with Crippen LogP contribution in [0.3, 0.4) is 0 Å². The molecule has 2 aromatic rings. The van der Waals surface area contributed by atoms with Crippen molar-refractivity contribution >= 4 is 29.3 Å². The van der Waals surface area contributed by atoms with E-state index in [0.29, 0.717) is 75.6 Å². The van der Waals surface area contributed by atoms with Crippen molar-refractivity contribution < 1.29 is 23.9 Å². The molecule has 2 N–H and O–H groups in total. The quantitative estimate of drug-likeness (QED) is 0.523. The number of piperidine rings is 1. The van der Waals surface area contributed by atoms with Gasteiger partial charge in [0.15, 0.2) is 6.61 Å². The lowest BCUT2D eigenvalue weighted by molar-refractivity contribution is -0.140. The average molecular weight is 580 g/mol. The summed E-state index contributed by atoms with van der Waals surface area (Å²) in [6.07, 6.45) is 7.77. The van der Waals surface area contributed by atoms with Gasteiger partial charge in [-0.3, -0.25) is 14.4 Å². The van der Waals surface area contributed by atoms with Crippen molar-refractivity contribution in [2.24, 2.45) is 11.3 Å². The molecule has 1 spiro atoms. The normalized spacial score (nSPS) is 25.6. The van der Waals surface area contributed by atoms with Gasteiger partial charge >= 0.3 is 0 Å². The zero-order valence-corrected chi connectivity index (χ0v) is 24.0. The molecule has 0 aromatic heterocycles. The van der Waals surface area contributed by atoms with Crippen molar-refractivity contribution in [2.45, 2.75) is 50.6 Å². The van der Waals surface area contributed by atoms with Crippen LogP contribution in [0.25, 0.3) is 0 Å². The van der Waals surface area contributed by atoms with Crippen molar-refractivity contribution in [3.05, 3.63) is 77.3 Å². The number of nitrogens with one attached hydrogen (secondary N) is 2. The standard InChI is InChI=1S/C32H38ClN3O5/c33-25-9-11-26(12-10-25)41-22-29(37)36-17-13-27-24(21-36)8-4-5-14-32(15-18-40-19-16-32)31(39)35-28(30(38)34-27)20-23-6-2-1-3-7-23/h1-7,9-12,24,27-28H,8,13-22H2,(H,34,38)(H,35,39)/b5-4+/t24-,27+,28-/m1/s1.